The van der Waals surface area contributed by atoms with Gasteiger partial charge in [-0.1, -0.05) is 71.4 Å². The Morgan fingerprint density at radius 3 is 1.96 bits per heavy atom. The Hall–Kier alpha value is -2.29. The second-order valence-corrected chi connectivity index (χ2v) is 9.62. The standard InChI is InChI=1S/C25H34O3/c1-16-10-18(13-19(11-16)24(3,4)5)21-14-20(25(6,7)8)12-17(2)23(21)28-15-22(26)27-9/h10-14H,15H2,1-9H3. The minimum Gasteiger partial charge on any atom is -0.481 e. The summed E-state index contributed by atoms with van der Waals surface area (Å²) in [4.78, 5) is 11.7. The molecule has 0 atom stereocenters. The molecule has 0 spiro atoms. The van der Waals surface area contributed by atoms with Gasteiger partial charge in [-0.3, -0.25) is 0 Å². The van der Waals surface area contributed by atoms with Crippen molar-refractivity contribution in [1.82, 2.24) is 0 Å². The number of methoxy groups -OCH3 is 1. The van der Waals surface area contributed by atoms with Crippen molar-refractivity contribution in [2.24, 2.45) is 0 Å². The average Bonchev–Trinajstić information content (AvgIpc) is 2.57. The number of rotatable bonds is 4. The summed E-state index contributed by atoms with van der Waals surface area (Å²) in [6.45, 7) is 17.3. The van der Waals surface area contributed by atoms with Gasteiger partial charge < -0.3 is 9.47 Å². The van der Waals surface area contributed by atoms with Gasteiger partial charge in [-0.25, -0.2) is 4.79 Å². The molecule has 0 aliphatic heterocycles. The summed E-state index contributed by atoms with van der Waals surface area (Å²) in [6.07, 6.45) is 0. The highest BCUT2D eigenvalue weighted by atomic mass is 16.6. The molecular weight excluding hydrogens is 348 g/mol. The predicted octanol–water partition coefficient (Wildman–Crippen LogP) is 6.12. The Morgan fingerprint density at radius 2 is 1.43 bits per heavy atom. The van der Waals surface area contributed by atoms with E-state index >= 15 is 0 Å². The molecule has 0 aliphatic rings. The van der Waals surface area contributed by atoms with Gasteiger partial charge in [0.15, 0.2) is 6.61 Å². The van der Waals surface area contributed by atoms with Crippen LogP contribution in [0.1, 0.15) is 63.8 Å². The molecule has 0 radical (unpaired) electrons. The van der Waals surface area contributed by atoms with Crippen LogP contribution in [-0.4, -0.2) is 19.7 Å². The van der Waals surface area contributed by atoms with Crippen molar-refractivity contribution in [2.75, 3.05) is 13.7 Å². The minimum atomic E-state index is -0.384. The maximum atomic E-state index is 11.7. The Kier molecular flexibility index (Phi) is 6.27. The lowest BCUT2D eigenvalue weighted by Gasteiger charge is -2.25. The van der Waals surface area contributed by atoms with Crippen molar-refractivity contribution < 1.29 is 14.3 Å². The average molecular weight is 383 g/mol. The van der Waals surface area contributed by atoms with Gasteiger partial charge in [0.25, 0.3) is 0 Å². The second kappa shape index (κ2) is 7.98. The highest BCUT2D eigenvalue weighted by molar-refractivity contribution is 5.76. The number of benzene rings is 2. The third-order valence-corrected chi connectivity index (χ3v) is 4.96. The molecule has 3 heteroatoms. The monoisotopic (exact) mass is 382 g/mol. The van der Waals surface area contributed by atoms with E-state index in [1.54, 1.807) is 0 Å². The van der Waals surface area contributed by atoms with Crippen molar-refractivity contribution >= 4 is 5.97 Å². The van der Waals surface area contributed by atoms with Gasteiger partial charge in [0.05, 0.1) is 7.11 Å². The number of ether oxygens (including phenoxy) is 2. The van der Waals surface area contributed by atoms with Crippen molar-refractivity contribution in [2.45, 2.75) is 66.2 Å². The van der Waals surface area contributed by atoms with Crippen LogP contribution >= 0.6 is 0 Å². The highest BCUT2D eigenvalue weighted by Crippen LogP contribution is 2.39. The van der Waals surface area contributed by atoms with Gasteiger partial charge >= 0.3 is 5.97 Å². The summed E-state index contributed by atoms with van der Waals surface area (Å²) in [5, 5.41) is 0. The van der Waals surface area contributed by atoms with Crippen molar-refractivity contribution in [3.05, 3.63) is 52.6 Å². The first kappa shape index (κ1) is 22.0. The number of aryl methyl sites for hydroxylation is 2. The number of hydrogen-bond acceptors (Lipinski definition) is 3. The molecule has 0 heterocycles. The third-order valence-electron chi connectivity index (χ3n) is 4.96. The van der Waals surface area contributed by atoms with Gasteiger partial charge in [0, 0.05) is 5.56 Å². The molecule has 0 saturated heterocycles. The van der Waals surface area contributed by atoms with E-state index in [0.717, 1.165) is 22.4 Å². The van der Waals surface area contributed by atoms with Gasteiger partial charge in [0.2, 0.25) is 0 Å². The molecule has 0 fully saturated rings. The van der Waals surface area contributed by atoms with Crippen LogP contribution in [0.3, 0.4) is 0 Å². The van der Waals surface area contributed by atoms with Crippen molar-refractivity contribution in [1.29, 1.82) is 0 Å². The normalized spacial score (nSPS) is 12.0. The molecule has 2 rings (SSSR count). The minimum absolute atomic E-state index is 0.0110. The van der Waals surface area contributed by atoms with Crippen LogP contribution in [0.15, 0.2) is 30.3 Å². The Balaban J connectivity index is 2.70. The highest BCUT2D eigenvalue weighted by Gasteiger charge is 2.22. The molecule has 28 heavy (non-hydrogen) atoms. The van der Waals surface area contributed by atoms with E-state index in [9.17, 15) is 4.79 Å². The van der Waals surface area contributed by atoms with Crippen molar-refractivity contribution in [3.63, 3.8) is 0 Å². The largest absolute Gasteiger partial charge is 0.481 e. The molecule has 0 saturated carbocycles. The SMILES string of the molecule is COC(=O)COc1c(C)cc(C(C)(C)C)cc1-c1cc(C)cc(C(C)(C)C)c1. The van der Waals surface area contributed by atoms with Crippen LogP contribution in [0.4, 0.5) is 0 Å². The number of hydrogen-bond donors (Lipinski definition) is 0. The Labute approximate surface area is 170 Å². The molecule has 0 aromatic heterocycles. The lowest BCUT2D eigenvalue weighted by molar-refractivity contribution is -0.142. The molecular formula is C25H34O3. The number of carbonyl (C=O) groups excluding carboxylic acids is 1. The molecule has 0 amide bonds. The lowest BCUT2D eigenvalue weighted by atomic mass is 9.81. The molecule has 3 nitrogen and oxygen atoms in total. The van der Waals surface area contributed by atoms with E-state index < -0.39 is 0 Å². The maximum absolute atomic E-state index is 11.7. The quantitative estimate of drug-likeness (QED) is 0.598. The molecule has 0 bridgehead atoms. The van der Waals surface area contributed by atoms with Crippen LogP contribution in [0, 0.1) is 13.8 Å². The smallest absolute Gasteiger partial charge is 0.343 e. The van der Waals surface area contributed by atoms with Gasteiger partial charge in [0.1, 0.15) is 5.75 Å². The Morgan fingerprint density at radius 1 is 0.857 bits per heavy atom. The maximum Gasteiger partial charge on any atom is 0.343 e. The van der Waals surface area contributed by atoms with Crippen LogP contribution in [0.2, 0.25) is 0 Å². The summed E-state index contributed by atoms with van der Waals surface area (Å²) in [5.74, 6) is 0.355. The first-order valence-corrected chi connectivity index (χ1v) is 9.80. The zero-order valence-electron chi connectivity index (χ0n) is 18.8. The fraction of sp³-hybridized carbons (Fsp3) is 0.480. The van der Waals surface area contributed by atoms with Crippen LogP contribution < -0.4 is 4.74 Å². The molecule has 2 aromatic carbocycles. The van der Waals surface area contributed by atoms with E-state index in [1.807, 2.05) is 6.92 Å². The molecule has 2 aromatic rings. The second-order valence-electron chi connectivity index (χ2n) is 9.62. The van der Waals surface area contributed by atoms with E-state index in [-0.39, 0.29) is 23.4 Å². The summed E-state index contributed by atoms with van der Waals surface area (Å²) in [7, 11) is 1.37. The molecule has 152 valence electrons. The zero-order chi connectivity index (χ0) is 21.3. The lowest BCUT2D eigenvalue weighted by Crippen LogP contribution is -2.16. The first-order chi connectivity index (χ1) is 12.8. The van der Waals surface area contributed by atoms with E-state index in [1.165, 1.54) is 23.8 Å². The zero-order valence-corrected chi connectivity index (χ0v) is 18.8. The fourth-order valence-corrected chi connectivity index (χ4v) is 3.17. The molecule has 0 aliphatic carbocycles. The number of carbonyl (C=O) groups is 1. The molecule has 0 N–H and O–H groups in total. The summed E-state index contributed by atoms with van der Waals surface area (Å²) >= 11 is 0. The van der Waals surface area contributed by atoms with E-state index in [4.69, 9.17) is 9.47 Å². The predicted molar refractivity (Wildman–Crippen MR) is 116 cm³/mol. The Bertz CT molecular complexity index is 865. The van der Waals surface area contributed by atoms with Crippen LogP contribution in [-0.2, 0) is 20.4 Å². The summed E-state index contributed by atoms with van der Waals surface area (Å²) in [5.41, 5.74) is 6.93. The van der Waals surface area contributed by atoms with Gasteiger partial charge in [-0.2, -0.15) is 0 Å². The first-order valence-electron chi connectivity index (χ1n) is 9.80. The van der Waals surface area contributed by atoms with Gasteiger partial charge in [-0.15, -0.1) is 0 Å². The molecule has 0 unspecified atom stereocenters. The summed E-state index contributed by atoms with van der Waals surface area (Å²) < 4.78 is 10.7. The van der Waals surface area contributed by atoms with Crippen LogP contribution in [0.5, 0.6) is 5.75 Å². The summed E-state index contributed by atoms with van der Waals surface area (Å²) in [6, 6.07) is 11.0. The van der Waals surface area contributed by atoms with Gasteiger partial charge in [-0.05, 0) is 53.0 Å². The van der Waals surface area contributed by atoms with E-state index in [2.05, 4.69) is 78.8 Å². The topological polar surface area (TPSA) is 35.5 Å². The van der Waals surface area contributed by atoms with E-state index in [0.29, 0.717) is 0 Å². The van der Waals surface area contributed by atoms with Crippen molar-refractivity contribution in [3.8, 4) is 16.9 Å². The third kappa shape index (κ3) is 5.15. The van der Waals surface area contributed by atoms with Crippen LogP contribution in [0.25, 0.3) is 11.1 Å². The number of esters is 1. The fourth-order valence-electron chi connectivity index (χ4n) is 3.17.